The van der Waals surface area contributed by atoms with Gasteiger partial charge < -0.3 is 9.80 Å². The number of likely N-dealkylation sites (N-methyl/N-ethyl adjacent to an activating group) is 1. The van der Waals surface area contributed by atoms with Crippen LogP contribution in [-0.4, -0.2) is 54.3 Å². The zero-order valence-electron chi connectivity index (χ0n) is 12.4. The van der Waals surface area contributed by atoms with E-state index in [-0.39, 0.29) is 6.42 Å². The smallest absolute Gasteiger partial charge is 0.339 e. The van der Waals surface area contributed by atoms with E-state index in [9.17, 15) is 13.2 Å². The van der Waals surface area contributed by atoms with Gasteiger partial charge in [0.15, 0.2) is 0 Å². The summed E-state index contributed by atoms with van der Waals surface area (Å²) in [7, 11) is 4.07. The maximum absolute atomic E-state index is 12.3. The van der Waals surface area contributed by atoms with E-state index in [4.69, 9.17) is 0 Å². The second kappa shape index (κ2) is 6.60. The highest BCUT2D eigenvalue weighted by Crippen LogP contribution is 2.23. The van der Waals surface area contributed by atoms with Gasteiger partial charge in [0.2, 0.25) is 5.95 Å². The predicted octanol–water partition coefficient (Wildman–Crippen LogP) is 2.50. The largest absolute Gasteiger partial charge is 0.389 e. The molecule has 1 aliphatic rings. The monoisotopic (exact) mass is 302 g/mol. The van der Waals surface area contributed by atoms with Gasteiger partial charge >= 0.3 is 6.18 Å². The van der Waals surface area contributed by atoms with E-state index in [0.29, 0.717) is 17.7 Å². The van der Waals surface area contributed by atoms with Crippen molar-refractivity contribution < 1.29 is 13.2 Å². The predicted molar refractivity (Wildman–Crippen MR) is 75.3 cm³/mol. The number of halogens is 3. The van der Waals surface area contributed by atoms with Crippen LogP contribution in [-0.2, 0) is 6.42 Å². The number of hydrogen-bond donors (Lipinski definition) is 0. The first-order valence-corrected chi connectivity index (χ1v) is 7.15. The van der Waals surface area contributed by atoms with Gasteiger partial charge in [-0.05, 0) is 39.4 Å². The molecule has 0 aliphatic carbocycles. The maximum Gasteiger partial charge on any atom is 0.389 e. The molecule has 118 valence electrons. The Bertz CT molecular complexity index is 462. The second-order valence-electron chi connectivity index (χ2n) is 5.67. The first kappa shape index (κ1) is 16.0. The number of piperidine rings is 1. The van der Waals surface area contributed by atoms with Gasteiger partial charge in [-0.25, -0.2) is 9.97 Å². The fourth-order valence-corrected chi connectivity index (χ4v) is 2.50. The molecule has 7 heteroatoms. The number of aryl methyl sites for hydroxylation is 1. The minimum absolute atomic E-state index is 0.0933. The average molecular weight is 302 g/mol. The first-order valence-electron chi connectivity index (χ1n) is 7.15. The van der Waals surface area contributed by atoms with E-state index in [0.717, 1.165) is 25.9 Å². The molecule has 21 heavy (non-hydrogen) atoms. The van der Waals surface area contributed by atoms with Crippen molar-refractivity contribution in [2.75, 3.05) is 32.1 Å². The van der Waals surface area contributed by atoms with Gasteiger partial charge in [0.25, 0.3) is 0 Å². The molecule has 0 unspecified atom stereocenters. The molecule has 0 saturated carbocycles. The summed E-state index contributed by atoms with van der Waals surface area (Å²) >= 11 is 0. The van der Waals surface area contributed by atoms with Crippen molar-refractivity contribution >= 4 is 5.95 Å². The highest BCUT2D eigenvalue weighted by Gasteiger charge is 2.27. The van der Waals surface area contributed by atoms with Crippen molar-refractivity contribution in [2.45, 2.75) is 37.9 Å². The normalized spacial score (nSPS) is 20.1. The Kier molecular flexibility index (Phi) is 5.03. The molecule has 0 radical (unpaired) electrons. The van der Waals surface area contributed by atoms with Crippen LogP contribution < -0.4 is 4.90 Å². The lowest BCUT2D eigenvalue weighted by molar-refractivity contribution is -0.134. The highest BCUT2D eigenvalue weighted by atomic mass is 19.4. The molecular formula is C14H21F3N4. The van der Waals surface area contributed by atoms with Gasteiger partial charge in [-0.3, -0.25) is 0 Å². The Morgan fingerprint density at radius 2 is 2.14 bits per heavy atom. The summed E-state index contributed by atoms with van der Waals surface area (Å²) in [5, 5.41) is 0. The Morgan fingerprint density at radius 3 is 2.81 bits per heavy atom. The van der Waals surface area contributed by atoms with Crippen LogP contribution in [0.1, 0.15) is 25.0 Å². The summed E-state index contributed by atoms with van der Waals surface area (Å²) in [6.07, 6.45) is -1.37. The number of aromatic nitrogens is 2. The van der Waals surface area contributed by atoms with Gasteiger partial charge in [0.1, 0.15) is 0 Å². The summed E-state index contributed by atoms with van der Waals surface area (Å²) in [6, 6.07) is 1.99. The lowest BCUT2D eigenvalue weighted by Crippen LogP contribution is -2.45. The van der Waals surface area contributed by atoms with Crippen LogP contribution in [0.5, 0.6) is 0 Å². The molecule has 1 saturated heterocycles. The number of hydrogen-bond acceptors (Lipinski definition) is 4. The van der Waals surface area contributed by atoms with Crippen LogP contribution >= 0.6 is 0 Å². The van der Waals surface area contributed by atoms with E-state index < -0.39 is 12.6 Å². The topological polar surface area (TPSA) is 32.3 Å². The van der Waals surface area contributed by atoms with Crippen LogP contribution in [0.2, 0.25) is 0 Å². The lowest BCUT2D eigenvalue weighted by atomic mass is 10.1. The summed E-state index contributed by atoms with van der Waals surface area (Å²) in [4.78, 5) is 12.7. The number of rotatable bonds is 4. The van der Waals surface area contributed by atoms with Crippen LogP contribution in [0, 0.1) is 0 Å². The highest BCUT2D eigenvalue weighted by molar-refractivity contribution is 5.31. The zero-order valence-corrected chi connectivity index (χ0v) is 12.4. The molecule has 1 aromatic heterocycles. The summed E-state index contributed by atoms with van der Waals surface area (Å²) in [5.74, 6) is 0.543. The van der Waals surface area contributed by atoms with Gasteiger partial charge in [0, 0.05) is 37.4 Å². The maximum atomic E-state index is 12.3. The minimum atomic E-state index is -4.15. The van der Waals surface area contributed by atoms with Crippen molar-refractivity contribution in [1.82, 2.24) is 14.9 Å². The van der Waals surface area contributed by atoms with E-state index in [1.165, 1.54) is 0 Å². The van der Waals surface area contributed by atoms with Crippen molar-refractivity contribution in [3.8, 4) is 0 Å². The summed E-state index contributed by atoms with van der Waals surface area (Å²) in [6.45, 7) is 1.67. The number of nitrogens with zero attached hydrogens (tertiary/aromatic N) is 4. The molecule has 1 aliphatic heterocycles. The molecule has 0 N–H and O–H groups in total. The first-order chi connectivity index (χ1) is 9.85. The Balaban J connectivity index is 2.03. The SMILES string of the molecule is CN(C)[C@@H]1CCCN(c2nccc(CCC(F)(F)F)n2)C1. The summed E-state index contributed by atoms with van der Waals surface area (Å²) < 4.78 is 36.8. The molecule has 2 heterocycles. The number of alkyl halides is 3. The lowest BCUT2D eigenvalue weighted by Gasteiger charge is -2.36. The van der Waals surface area contributed by atoms with Crippen LogP contribution in [0.3, 0.4) is 0 Å². The van der Waals surface area contributed by atoms with Gasteiger partial charge in [-0.15, -0.1) is 0 Å². The second-order valence-corrected chi connectivity index (χ2v) is 5.67. The van der Waals surface area contributed by atoms with Gasteiger partial charge in [-0.2, -0.15) is 13.2 Å². The van der Waals surface area contributed by atoms with Crippen LogP contribution in [0.25, 0.3) is 0 Å². The standard InChI is InChI=1S/C14H21F3N4/c1-20(2)12-4-3-9-21(10-12)13-18-8-6-11(19-13)5-7-14(15,16)17/h6,8,12H,3-5,7,9-10H2,1-2H3/t12-/m1/s1. The third-order valence-electron chi connectivity index (χ3n) is 3.77. The van der Waals surface area contributed by atoms with E-state index in [1.54, 1.807) is 12.3 Å². The van der Waals surface area contributed by atoms with Gasteiger partial charge in [-0.1, -0.05) is 0 Å². The fraction of sp³-hybridized carbons (Fsp3) is 0.714. The minimum Gasteiger partial charge on any atom is -0.339 e. The van der Waals surface area contributed by atoms with E-state index in [2.05, 4.69) is 19.8 Å². The molecule has 1 aromatic rings. The Hall–Kier alpha value is -1.37. The molecule has 1 atom stereocenters. The van der Waals surface area contributed by atoms with Crippen molar-refractivity contribution in [2.24, 2.45) is 0 Å². The fourth-order valence-electron chi connectivity index (χ4n) is 2.50. The molecule has 0 bridgehead atoms. The van der Waals surface area contributed by atoms with E-state index >= 15 is 0 Å². The van der Waals surface area contributed by atoms with Crippen molar-refractivity contribution in [1.29, 1.82) is 0 Å². The third-order valence-corrected chi connectivity index (χ3v) is 3.77. The molecule has 0 aromatic carbocycles. The Morgan fingerprint density at radius 1 is 1.38 bits per heavy atom. The van der Waals surface area contributed by atoms with Crippen LogP contribution in [0.15, 0.2) is 12.3 Å². The molecule has 4 nitrogen and oxygen atoms in total. The van der Waals surface area contributed by atoms with Gasteiger partial charge in [0.05, 0.1) is 0 Å². The third kappa shape index (κ3) is 4.84. The molecule has 2 rings (SSSR count). The molecular weight excluding hydrogens is 281 g/mol. The zero-order chi connectivity index (χ0) is 15.5. The van der Waals surface area contributed by atoms with Crippen molar-refractivity contribution in [3.05, 3.63) is 18.0 Å². The quantitative estimate of drug-likeness (QED) is 0.855. The molecule has 0 spiro atoms. The van der Waals surface area contributed by atoms with E-state index in [1.807, 2.05) is 14.1 Å². The average Bonchev–Trinajstić information content (AvgIpc) is 2.45. The van der Waals surface area contributed by atoms with Crippen molar-refractivity contribution in [3.63, 3.8) is 0 Å². The number of anilines is 1. The van der Waals surface area contributed by atoms with Crippen LogP contribution in [0.4, 0.5) is 19.1 Å². The molecule has 0 amide bonds. The Labute approximate surface area is 123 Å². The summed E-state index contributed by atoms with van der Waals surface area (Å²) in [5.41, 5.74) is 0.448. The molecule has 1 fully saturated rings.